The molecule has 0 aliphatic heterocycles. The number of fused-ring (bicyclic) bond motifs is 1. The Morgan fingerprint density at radius 3 is 2.54 bits per heavy atom. The van der Waals surface area contributed by atoms with Crippen molar-refractivity contribution in [1.29, 1.82) is 5.41 Å². The van der Waals surface area contributed by atoms with Crippen LogP contribution in [0.4, 0.5) is 5.69 Å². The number of nitrogens with one attached hydrogen (secondary N) is 2. The van der Waals surface area contributed by atoms with E-state index in [0.29, 0.717) is 22.9 Å². The van der Waals surface area contributed by atoms with Gasteiger partial charge in [0.15, 0.2) is 11.6 Å². The summed E-state index contributed by atoms with van der Waals surface area (Å²) in [6.45, 7) is 0. The SMILES string of the molecule is N=C(N)c1ccc2nc(-c3ccc(-c4ccc([N+](=O)[O-])cc4)o3)[nH]c2c1. The molecular formula is C18H13N5O3. The quantitative estimate of drug-likeness (QED) is 0.224. The van der Waals surface area contributed by atoms with Crippen molar-refractivity contribution in [3.8, 4) is 22.9 Å². The molecule has 2 aromatic heterocycles. The first-order valence-electron chi connectivity index (χ1n) is 7.70. The van der Waals surface area contributed by atoms with Gasteiger partial charge < -0.3 is 15.1 Å². The average molecular weight is 347 g/mol. The van der Waals surface area contributed by atoms with Gasteiger partial charge in [-0.05, 0) is 42.5 Å². The van der Waals surface area contributed by atoms with Crippen LogP contribution >= 0.6 is 0 Å². The monoisotopic (exact) mass is 347 g/mol. The van der Waals surface area contributed by atoms with Crippen molar-refractivity contribution >= 4 is 22.6 Å². The smallest absolute Gasteiger partial charge is 0.269 e. The summed E-state index contributed by atoms with van der Waals surface area (Å²) in [4.78, 5) is 17.9. The number of aromatic nitrogens is 2. The number of amidine groups is 1. The Balaban J connectivity index is 1.68. The van der Waals surface area contributed by atoms with Gasteiger partial charge in [-0.3, -0.25) is 15.5 Å². The van der Waals surface area contributed by atoms with Crippen LogP contribution in [0.2, 0.25) is 0 Å². The first kappa shape index (κ1) is 15.6. The van der Waals surface area contributed by atoms with E-state index in [2.05, 4.69) is 9.97 Å². The Morgan fingerprint density at radius 2 is 1.85 bits per heavy atom. The number of nitrogen functional groups attached to an aromatic ring is 1. The number of hydrogen-bond acceptors (Lipinski definition) is 5. The molecule has 0 radical (unpaired) electrons. The second kappa shape index (κ2) is 5.85. The molecule has 2 aromatic carbocycles. The molecule has 0 bridgehead atoms. The van der Waals surface area contributed by atoms with Crippen molar-refractivity contribution in [3.63, 3.8) is 0 Å². The van der Waals surface area contributed by atoms with Crippen LogP contribution in [0.5, 0.6) is 0 Å². The second-order valence-corrected chi connectivity index (χ2v) is 5.70. The maximum Gasteiger partial charge on any atom is 0.269 e. The summed E-state index contributed by atoms with van der Waals surface area (Å²) < 4.78 is 5.83. The van der Waals surface area contributed by atoms with E-state index in [1.54, 1.807) is 42.5 Å². The fraction of sp³-hybridized carbons (Fsp3) is 0. The number of nitrogens with zero attached hydrogens (tertiary/aromatic N) is 2. The maximum atomic E-state index is 10.7. The average Bonchev–Trinajstić information content (AvgIpc) is 3.27. The summed E-state index contributed by atoms with van der Waals surface area (Å²) in [5.41, 5.74) is 8.36. The maximum absolute atomic E-state index is 10.7. The minimum absolute atomic E-state index is 0.0125. The van der Waals surface area contributed by atoms with Crippen LogP contribution < -0.4 is 5.73 Å². The first-order valence-corrected chi connectivity index (χ1v) is 7.70. The Morgan fingerprint density at radius 1 is 1.12 bits per heavy atom. The third-order valence-electron chi connectivity index (χ3n) is 3.99. The highest BCUT2D eigenvalue weighted by Gasteiger charge is 2.13. The van der Waals surface area contributed by atoms with Gasteiger partial charge in [0.2, 0.25) is 0 Å². The molecule has 0 unspecified atom stereocenters. The number of rotatable bonds is 4. The van der Waals surface area contributed by atoms with E-state index < -0.39 is 4.92 Å². The van der Waals surface area contributed by atoms with E-state index in [9.17, 15) is 10.1 Å². The van der Waals surface area contributed by atoms with E-state index in [1.807, 2.05) is 0 Å². The highest BCUT2D eigenvalue weighted by Crippen LogP contribution is 2.29. The van der Waals surface area contributed by atoms with Gasteiger partial charge in [-0.25, -0.2) is 4.98 Å². The molecule has 0 aliphatic carbocycles. The van der Waals surface area contributed by atoms with Crippen molar-refractivity contribution in [2.45, 2.75) is 0 Å². The summed E-state index contributed by atoms with van der Waals surface area (Å²) in [5, 5.41) is 18.2. The molecule has 4 rings (SSSR count). The molecule has 0 fully saturated rings. The minimum atomic E-state index is -0.443. The van der Waals surface area contributed by atoms with Crippen LogP contribution in [0.25, 0.3) is 33.9 Å². The third kappa shape index (κ3) is 2.69. The number of hydrogen-bond donors (Lipinski definition) is 3. The minimum Gasteiger partial charge on any atom is -0.453 e. The van der Waals surface area contributed by atoms with Crippen LogP contribution in [0, 0.1) is 15.5 Å². The van der Waals surface area contributed by atoms with Crippen LogP contribution in [0.1, 0.15) is 5.56 Å². The molecule has 0 atom stereocenters. The zero-order valence-electron chi connectivity index (χ0n) is 13.4. The summed E-state index contributed by atoms with van der Waals surface area (Å²) in [7, 11) is 0. The highest BCUT2D eigenvalue weighted by atomic mass is 16.6. The van der Waals surface area contributed by atoms with E-state index in [4.69, 9.17) is 15.6 Å². The molecule has 0 amide bonds. The Hall–Kier alpha value is -3.94. The van der Waals surface area contributed by atoms with Crippen LogP contribution in [0.3, 0.4) is 0 Å². The van der Waals surface area contributed by atoms with Gasteiger partial charge in [0.25, 0.3) is 5.69 Å². The van der Waals surface area contributed by atoms with Crippen LogP contribution in [-0.4, -0.2) is 20.7 Å². The molecule has 0 saturated heterocycles. The first-order chi connectivity index (χ1) is 12.5. The molecule has 26 heavy (non-hydrogen) atoms. The summed E-state index contributed by atoms with van der Waals surface area (Å²) in [6.07, 6.45) is 0. The van der Waals surface area contributed by atoms with Crippen LogP contribution in [-0.2, 0) is 0 Å². The van der Waals surface area contributed by atoms with Crippen molar-refractivity contribution in [2.24, 2.45) is 5.73 Å². The lowest BCUT2D eigenvalue weighted by Crippen LogP contribution is -2.10. The van der Waals surface area contributed by atoms with Gasteiger partial charge in [0, 0.05) is 23.3 Å². The number of nitro benzene ring substituents is 1. The standard InChI is InChI=1S/C18H13N5O3/c19-17(20)11-3-6-13-14(9-11)22-18(21-13)16-8-7-15(26-16)10-1-4-12(5-2-10)23(24)25/h1-9H,(H3,19,20)(H,21,22). The Bertz CT molecular complexity index is 1140. The second-order valence-electron chi connectivity index (χ2n) is 5.70. The fourth-order valence-corrected chi connectivity index (χ4v) is 2.66. The topological polar surface area (TPSA) is 135 Å². The molecule has 4 N–H and O–H groups in total. The molecule has 0 aliphatic rings. The number of imidazole rings is 1. The molecule has 0 spiro atoms. The lowest BCUT2D eigenvalue weighted by Gasteiger charge is -1.97. The number of benzene rings is 2. The van der Waals surface area contributed by atoms with E-state index in [1.165, 1.54) is 12.1 Å². The third-order valence-corrected chi connectivity index (χ3v) is 3.99. The lowest BCUT2D eigenvalue weighted by atomic mass is 10.1. The number of non-ortho nitro benzene ring substituents is 1. The number of H-pyrrole nitrogens is 1. The molecule has 2 heterocycles. The van der Waals surface area contributed by atoms with Crippen molar-refractivity contribution in [2.75, 3.05) is 0 Å². The van der Waals surface area contributed by atoms with Crippen molar-refractivity contribution in [3.05, 3.63) is 70.3 Å². The highest BCUT2D eigenvalue weighted by molar-refractivity contribution is 5.98. The molecule has 4 aromatic rings. The largest absolute Gasteiger partial charge is 0.453 e. The van der Waals surface area contributed by atoms with Gasteiger partial charge in [-0.2, -0.15) is 0 Å². The number of nitro groups is 1. The summed E-state index contributed by atoms with van der Waals surface area (Å²) in [6, 6.07) is 15.0. The summed E-state index contributed by atoms with van der Waals surface area (Å²) in [5.74, 6) is 1.66. The zero-order valence-corrected chi connectivity index (χ0v) is 13.4. The Kier molecular flexibility index (Phi) is 3.51. The van der Waals surface area contributed by atoms with Gasteiger partial charge in [0.1, 0.15) is 11.6 Å². The van der Waals surface area contributed by atoms with Crippen molar-refractivity contribution in [1.82, 2.24) is 9.97 Å². The van der Waals surface area contributed by atoms with Gasteiger partial charge in [-0.1, -0.05) is 0 Å². The number of furan rings is 1. The fourth-order valence-electron chi connectivity index (χ4n) is 2.66. The predicted octanol–water partition coefficient (Wildman–Crippen LogP) is 3.68. The summed E-state index contributed by atoms with van der Waals surface area (Å²) >= 11 is 0. The van der Waals surface area contributed by atoms with Crippen molar-refractivity contribution < 1.29 is 9.34 Å². The molecule has 128 valence electrons. The Labute approximate surface area is 146 Å². The molecular weight excluding hydrogens is 334 g/mol. The number of aromatic amines is 1. The van der Waals surface area contributed by atoms with E-state index in [-0.39, 0.29) is 11.5 Å². The molecule has 8 heteroatoms. The van der Waals surface area contributed by atoms with Crippen LogP contribution in [0.15, 0.2) is 59.0 Å². The van der Waals surface area contributed by atoms with E-state index in [0.717, 1.165) is 16.6 Å². The normalized spacial score (nSPS) is 10.9. The molecule has 0 saturated carbocycles. The zero-order chi connectivity index (χ0) is 18.3. The van der Waals surface area contributed by atoms with E-state index >= 15 is 0 Å². The number of nitrogens with two attached hydrogens (primary N) is 1. The predicted molar refractivity (Wildman–Crippen MR) is 96.9 cm³/mol. The molecule has 8 nitrogen and oxygen atoms in total. The lowest BCUT2D eigenvalue weighted by molar-refractivity contribution is -0.384. The van der Waals surface area contributed by atoms with Gasteiger partial charge in [0.05, 0.1) is 16.0 Å². The van der Waals surface area contributed by atoms with Gasteiger partial charge in [-0.15, -0.1) is 0 Å². The van der Waals surface area contributed by atoms with Gasteiger partial charge >= 0.3 is 0 Å².